The number of rotatable bonds is 6. The molecular formula is C24H24N5O2Si+. The molecule has 2 aromatic carbocycles. The van der Waals surface area contributed by atoms with E-state index in [0.717, 1.165) is 45.2 Å². The van der Waals surface area contributed by atoms with Crippen molar-refractivity contribution in [2.75, 3.05) is 18.5 Å². The minimum absolute atomic E-state index is 0.419. The van der Waals surface area contributed by atoms with Crippen molar-refractivity contribution in [3.8, 4) is 17.2 Å². The summed E-state index contributed by atoms with van der Waals surface area (Å²) in [5, 5.41) is 8.88. The van der Waals surface area contributed by atoms with Gasteiger partial charge in [-0.3, -0.25) is 0 Å². The van der Waals surface area contributed by atoms with E-state index < -0.39 is 8.80 Å². The van der Waals surface area contributed by atoms with E-state index in [4.69, 9.17) is 9.47 Å². The fourth-order valence-corrected chi connectivity index (χ4v) is 4.11. The molecule has 160 valence electrons. The summed E-state index contributed by atoms with van der Waals surface area (Å²) >= 11 is 0. The Morgan fingerprint density at radius 2 is 1.94 bits per heavy atom. The fourth-order valence-electron chi connectivity index (χ4n) is 3.58. The number of anilines is 1. The van der Waals surface area contributed by atoms with Crippen molar-refractivity contribution in [3.05, 3.63) is 71.8 Å². The van der Waals surface area contributed by atoms with Gasteiger partial charge in [-0.1, -0.05) is 18.2 Å². The van der Waals surface area contributed by atoms with E-state index in [1.165, 1.54) is 0 Å². The van der Waals surface area contributed by atoms with Crippen LogP contribution in [-0.4, -0.2) is 41.8 Å². The van der Waals surface area contributed by atoms with Gasteiger partial charge in [-0.15, -0.1) is 0 Å². The van der Waals surface area contributed by atoms with Gasteiger partial charge in [0, 0.05) is 6.54 Å². The molecule has 7 nitrogen and oxygen atoms in total. The quantitative estimate of drug-likeness (QED) is 0.443. The lowest BCUT2D eigenvalue weighted by atomic mass is 10.2. The highest BCUT2D eigenvalue weighted by molar-refractivity contribution is 6.62. The van der Waals surface area contributed by atoms with Crippen molar-refractivity contribution in [3.63, 3.8) is 0 Å². The van der Waals surface area contributed by atoms with E-state index in [0.29, 0.717) is 19.8 Å². The Labute approximate surface area is 188 Å². The average Bonchev–Trinajstić information content (AvgIpc) is 3.26. The monoisotopic (exact) mass is 442 g/mol. The summed E-state index contributed by atoms with van der Waals surface area (Å²) in [6.07, 6.45) is 5.56. The second-order valence-electron chi connectivity index (χ2n) is 7.85. The predicted octanol–water partition coefficient (Wildman–Crippen LogP) is 4.51. The van der Waals surface area contributed by atoms with Gasteiger partial charge < -0.3 is 14.8 Å². The molecule has 1 aliphatic rings. The van der Waals surface area contributed by atoms with Crippen LogP contribution in [0.1, 0.15) is 11.1 Å². The average molecular weight is 443 g/mol. The van der Waals surface area contributed by atoms with Crippen molar-refractivity contribution < 1.29 is 9.47 Å². The fraction of sp³-hybridized carbons (Fsp3) is 0.208. The van der Waals surface area contributed by atoms with Gasteiger partial charge in [-0.25, -0.2) is 14.6 Å². The van der Waals surface area contributed by atoms with Gasteiger partial charge in [-0.2, -0.15) is 5.10 Å². The number of fused-ring (bicyclic) bond motifs is 2. The van der Waals surface area contributed by atoms with Gasteiger partial charge >= 0.3 is 8.80 Å². The maximum absolute atomic E-state index is 5.68. The van der Waals surface area contributed by atoms with Crippen LogP contribution < -0.4 is 14.8 Å². The molecule has 3 heterocycles. The number of nitrogens with zero attached hydrogens (tertiary/aromatic N) is 4. The summed E-state index contributed by atoms with van der Waals surface area (Å²) in [5.74, 6) is 2.32. The molecule has 8 heteroatoms. The van der Waals surface area contributed by atoms with E-state index in [1.807, 2.05) is 41.2 Å². The second-order valence-corrected chi connectivity index (χ2v) is 10.3. The van der Waals surface area contributed by atoms with Gasteiger partial charge in [0.05, 0.1) is 36.1 Å². The molecule has 32 heavy (non-hydrogen) atoms. The molecule has 1 aliphatic heterocycles. The van der Waals surface area contributed by atoms with Gasteiger partial charge in [0.15, 0.2) is 17.1 Å². The molecule has 0 atom stereocenters. The highest BCUT2D eigenvalue weighted by atomic mass is 28.3. The summed E-state index contributed by atoms with van der Waals surface area (Å²) in [4.78, 5) is 8.94. The molecule has 0 fully saturated rings. The first-order valence-corrected chi connectivity index (χ1v) is 13.1. The van der Waals surface area contributed by atoms with Crippen LogP contribution in [0.5, 0.6) is 11.5 Å². The zero-order chi connectivity index (χ0) is 21.9. The highest BCUT2D eigenvalue weighted by Gasteiger charge is 2.14. The lowest BCUT2D eigenvalue weighted by molar-refractivity contribution is 0.171. The van der Waals surface area contributed by atoms with Crippen molar-refractivity contribution in [1.29, 1.82) is 0 Å². The summed E-state index contributed by atoms with van der Waals surface area (Å²) in [7, 11) is -0.419. The van der Waals surface area contributed by atoms with Crippen LogP contribution in [-0.2, 0) is 6.54 Å². The van der Waals surface area contributed by atoms with Crippen molar-refractivity contribution >= 4 is 31.7 Å². The summed E-state index contributed by atoms with van der Waals surface area (Å²) < 4.78 is 13.1. The third kappa shape index (κ3) is 4.22. The van der Waals surface area contributed by atoms with Gasteiger partial charge in [0.25, 0.3) is 0 Å². The predicted molar refractivity (Wildman–Crippen MR) is 128 cm³/mol. The number of hydrogen-bond donors (Lipinski definition) is 1. The number of ether oxygens (including phenoxy) is 2. The Bertz CT molecular complexity index is 1280. The van der Waals surface area contributed by atoms with Gasteiger partial charge in [-0.05, 0) is 41.5 Å². The number of aromatic nitrogens is 4. The van der Waals surface area contributed by atoms with E-state index in [1.54, 1.807) is 6.33 Å². The Hall–Kier alpha value is -3.65. The van der Waals surface area contributed by atoms with Crippen LogP contribution in [0, 0.1) is 0 Å². The van der Waals surface area contributed by atoms with E-state index >= 15 is 0 Å². The van der Waals surface area contributed by atoms with E-state index in [-0.39, 0.29) is 0 Å². The van der Waals surface area contributed by atoms with Gasteiger partial charge in [0.2, 0.25) is 0 Å². The van der Waals surface area contributed by atoms with Crippen molar-refractivity contribution in [2.45, 2.75) is 19.6 Å². The van der Waals surface area contributed by atoms with Crippen LogP contribution in [0.15, 0.2) is 60.7 Å². The summed E-state index contributed by atoms with van der Waals surface area (Å²) in [6, 6.07) is 14.3. The summed E-state index contributed by atoms with van der Waals surface area (Å²) in [5.41, 5.74) is 6.26. The molecule has 0 aliphatic carbocycles. The Morgan fingerprint density at radius 1 is 1.06 bits per heavy atom. The number of nitrogens with one attached hydrogen (secondary N) is 1. The Morgan fingerprint density at radius 3 is 2.81 bits per heavy atom. The molecule has 1 N–H and O–H groups in total. The van der Waals surface area contributed by atoms with E-state index in [9.17, 15) is 0 Å². The van der Waals surface area contributed by atoms with Gasteiger partial charge in [0.1, 0.15) is 25.4 Å². The largest absolute Gasteiger partial charge is 0.486 e. The molecule has 0 amide bonds. The molecule has 4 aromatic rings. The number of hydrogen-bond acceptors (Lipinski definition) is 6. The standard InChI is InChI=1S/C24H24N5O2Si/c1-32(2)11-8-17-4-3-5-19(12-17)29-24-20(15-28-29)23(26-16-27-24)25-14-18-6-7-21-22(13-18)31-10-9-30-21/h3-8,11-13,15-16H,9-10,14H2,1-2H3,(H,25,26,27)/q+1/b11-8+. The second kappa shape index (κ2) is 8.84. The van der Waals surface area contributed by atoms with Crippen LogP contribution in [0.25, 0.3) is 22.8 Å². The first-order valence-electron chi connectivity index (χ1n) is 10.6. The molecule has 0 saturated heterocycles. The zero-order valence-electron chi connectivity index (χ0n) is 18.1. The topological polar surface area (TPSA) is 74.1 Å². The van der Waals surface area contributed by atoms with Crippen LogP contribution in [0.3, 0.4) is 0 Å². The smallest absolute Gasteiger partial charge is 0.337 e. The third-order valence-corrected chi connectivity index (χ3v) is 5.99. The molecule has 0 spiro atoms. The molecule has 2 aromatic heterocycles. The maximum atomic E-state index is 5.68. The van der Waals surface area contributed by atoms with Crippen LogP contribution in [0.4, 0.5) is 5.82 Å². The maximum Gasteiger partial charge on any atom is 0.337 e. The molecule has 0 bridgehead atoms. The number of benzene rings is 2. The SMILES string of the molecule is C[Si+](C)/C=C/c1cccc(-n2ncc3c(NCc4ccc5c(c4)OCCO5)ncnc32)c1. The Balaban J connectivity index is 1.39. The van der Waals surface area contributed by atoms with E-state index in [2.05, 4.69) is 57.4 Å². The summed E-state index contributed by atoms with van der Waals surface area (Å²) in [6.45, 7) is 6.30. The lowest BCUT2D eigenvalue weighted by Crippen LogP contribution is -2.15. The third-order valence-electron chi connectivity index (χ3n) is 5.16. The first kappa shape index (κ1) is 20.3. The van der Waals surface area contributed by atoms with Crippen molar-refractivity contribution in [1.82, 2.24) is 19.7 Å². The Kier molecular flexibility index (Phi) is 5.60. The minimum Gasteiger partial charge on any atom is -0.486 e. The molecule has 0 unspecified atom stereocenters. The molecular weight excluding hydrogens is 418 g/mol. The van der Waals surface area contributed by atoms with Crippen LogP contribution >= 0.6 is 0 Å². The normalized spacial score (nSPS) is 12.9. The highest BCUT2D eigenvalue weighted by Crippen LogP contribution is 2.31. The lowest BCUT2D eigenvalue weighted by Gasteiger charge is -2.19. The molecule has 0 saturated carbocycles. The first-order chi connectivity index (χ1) is 15.7. The molecule has 5 rings (SSSR count). The zero-order valence-corrected chi connectivity index (χ0v) is 19.1. The van der Waals surface area contributed by atoms with Crippen LogP contribution in [0.2, 0.25) is 13.1 Å². The minimum atomic E-state index is -0.419. The molecule has 0 radical (unpaired) electrons. The van der Waals surface area contributed by atoms with Crippen molar-refractivity contribution in [2.24, 2.45) is 0 Å².